The highest BCUT2D eigenvalue weighted by atomic mass is 16.7. The van der Waals surface area contributed by atoms with Gasteiger partial charge in [0.2, 0.25) is 5.79 Å². The van der Waals surface area contributed by atoms with Gasteiger partial charge in [0.05, 0.1) is 13.2 Å². The van der Waals surface area contributed by atoms with E-state index in [2.05, 4.69) is 4.74 Å². The first kappa shape index (κ1) is 9.85. The fourth-order valence-corrected chi connectivity index (χ4v) is 1.03. The third-order valence-corrected chi connectivity index (χ3v) is 1.91. The predicted molar refractivity (Wildman–Crippen MR) is 36.0 cm³/mol. The molecule has 1 aliphatic heterocycles. The Morgan fingerprint density at radius 2 is 1.92 bits per heavy atom. The van der Waals surface area contributed by atoms with Gasteiger partial charge in [-0.1, -0.05) is 0 Å². The van der Waals surface area contributed by atoms with Crippen molar-refractivity contribution >= 4 is 0 Å². The van der Waals surface area contributed by atoms with Crippen LogP contribution in [0.4, 0.5) is 0 Å². The van der Waals surface area contributed by atoms with Crippen LogP contribution in [0.25, 0.3) is 0 Å². The van der Waals surface area contributed by atoms with Crippen molar-refractivity contribution in [3.05, 3.63) is 0 Å². The van der Waals surface area contributed by atoms with Gasteiger partial charge in [-0.2, -0.15) is 0 Å². The summed E-state index contributed by atoms with van der Waals surface area (Å²) in [7, 11) is 0. The molecule has 0 aromatic rings. The number of aliphatic hydroxyl groups is 5. The Kier molecular flexibility index (Phi) is 2.67. The number of rotatable bonds is 1. The van der Waals surface area contributed by atoms with Crippen LogP contribution in [-0.4, -0.2) is 62.8 Å². The molecule has 6 nitrogen and oxygen atoms in total. The molecule has 0 bridgehead atoms. The van der Waals surface area contributed by atoms with Crippen molar-refractivity contribution < 1.29 is 30.3 Å². The summed E-state index contributed by atoms with van der Waals surface area (Å²) in [5.74, 6) is -2.17. The summed E-state index contributed by atoms with van der Waals surface area (Å²) in [6.45, 7) is -1.16. The summed E-state index contributed by atoms with van der Waals surface area (Å²) in [5, 5.41) is 45.0. The second-order valence-corrected chi connectivity index (χ2v) is 2.82. The number of hydrogen-bond acceptors (Lipinski definition) is 6. The van der Waals surface area contributed by atoms with Crippen molar-refractivity contribution in [3.8, 4) is 0 Å². The largest absolute Gasteiger partial charge is 0.391 e. The predicted octanol–water partition coefficient (Wildman–Crippen LogP) is -3.22. The Morgan fingerprint density at radius 3 is 2.42 bits per heavy atom. The molecule has 72 valence electrons. The topological polar surface area (TPSA) is 110 Å². The van der Waals surface area contributed by atoms with E-state index in [4.69, 9.17) is 20.4 Å². The zero-order chi connectivity index (χ0) is 9.35. The SMILES string of the molecule is OCC1(O)OC[C@H](O)[C@H](O)[C@H]1O. The van der Waals surface area contributed by atoms with Gasteiger partial charge in [0.15, 0.2) is 0 Å². The van der Waals surface area contributed by atoms with Gasteiger partial charge in [-0.05, 0) is 0 Å². The molecule has 0 saturated carbocycles. The van der Waals surface area contributed by atoms with Gasteiger partial charge < -0.3 is 30.3 Å². The molecule has 1 aliphatic rings. The van der Waals surface area contributed by atoms with E-state index < -0.39 is 30.7 Å². The normalized spacial score (nSPS) is 49.2. The van der Waals surface area contributed by atoms with Crippen LogP contribution >= 0.6 is 0 Å². The molecule has 0 aliphatic carbocycles. The van der Waals surface area contributed by atoms with Gasteiger partial charge in [0.25, 0.3) is 0 Å². The van der Waals surface area contributed by atoms with E-state index in [1.165, 1.54) is 0 Å². The monoisotopic (exact) mass is 180 g/mol. The first-order valence-electron chi connectivity index (χ1n) is 3.52. The molecule has 0 amide bonds. The van der Waals surface area contributed by atoms with Crippen LogP contribution in [0.3, 0.4) is 0 Å². The molecule has 1 fully saturated rings. The van der Waals surface area contributed by atoms with Crippen molar-refractivity contribution in [1.29, 1.82) is 0 Å². The summed E-state index contributed by atoms with van der Waals surface area (Å²) in [6, 6.07) is 0. The molecular weight excluding hydrogens is 168 g/mol. The highest BCUT2D eigenvalue weighted by molar-refractivity contribution is 4.90. The molecule has 0 radical (unpaired) electrons. The van der Waals surface area contributed by atoms with Crippen LogP contribution < -0.4 is 0 Å². The van der Waals surface area contributed by atoms with E-state index in [1.807, 2.05) is 0 Å². The zero-order valence-corrected chi connectivity index (χ0v) is 6.29. The van der Waals surface area contributed by atoms with Crippen molar-refractivity contribution in [2.24, 2.45) is 0 Å². The minimum absolute atomic E-state index is 0.324. The van der Waals surface area contributed by atoms with Crippen molar-refractivity contribution in [3.63, 3.8) is 0 Å². The fraction of sp³-hybridized carbons (Fsp3) is 1.00. The lowest BCUT2D eigenvalue weighted by Gasteiger charge is -2.40. The summed E-state index contributed by atoms with van der Waals surface area (Å²) >= 11 is 0. The highest BCUT2D eigenvalue weighted by Crippen LogP contribution is 2.22. The molecule has 12 heavy (non-hydrogen) atoms. The second kappa shape index (κ2) is 3.25. The van der Waals surface area contributed by atoms with Gasteiger partial charge >= 0.3 is 0 Å². The number of ether oxygens (including phenoxy) is 1. The molecule has 1 heterocycles. The van der Waals surface area contributed by atoms with Gasteiger partial charge in [0, 0.05) is 0 Å². The average Bonchev–Trinajstić information content (AvgIpc) is 2.09. The first-order chi connectivity index (χ1) is 5.51. The Balaban J connectivity index is 2.71. The van der Waals surface area contributed by atoms with Crippen LogP contribution in [-0.2, 0) is 4.74 Å². The third-order valence-electron chi connectivity index (χ3n) is 1.91. The molecule has 0 aromatic carbocycles. The third kappa shape index (κ3) is 1.45. The summed E-state index contributed by atoms with van der Waals surface area (Å²) in [6.07, 6.45) is -4.45. The van der Waals surface area contributed by atoms with Gasteiger partial charge in [-0.25, -0.2) is 0 Å². The number of hydrogen-bond donors (Lipinski definition) is 5. The average molecular weight is 180 g/mol. The van der Waals surface area contributed by atoms with Crippen molar-refractivity contribution in [1.82, 2.24) is 0 Å². The number of aliphatic hydroxyl groups excluding tert-OH is 4. The van der Waals surface area contributed by atoms with Crippen LogP contribution in [0.5, 0.6) is 0 Å². The molecule has 1 saturated heterocycles. The molecule has 6 heteroatoms. The maximum Gasteiger partial charge on any atom is 0.218 e. The van der Waals surface area contributed by atoms with E-state index in [0.717, 1.165) is 0 Å². The Labute approximate surface area is 68.6 Å². The van der Waals surface area contributed by atoms with E-state index in [0.29, 0.717) is 0 Å². The summed E-state index contributed by atoms with van der Waals surface area (Å²) < 4.78 is 4.56. The molecular formula is C6H12O6. The van der Waals surface area contributed by atoms with Crippen LogP contribution in [0, 0.1) is 0 Å². The molecule has 0 spiro atoms. The summed E-state index contributed by atoms with van der Waals surface area (Å²) in [5.41, 5.74) is 0. The Morgan fingerprint density at radius 1 is 1.33 bits per heavy atom. The maximum atomic E-state index is 9.24. The van der Waals surface area contributed by atoms with Crippen LogP contribution in [0.2, 0.25) is 0 Å². The second-order valence-electron chi connectivity index (χ2n) is 2.82. The minimum Gasteiger partial charge on any atom is -0.391 e. The Hall–Kier alpha value is -0.240. The molecule has 1 unspecified atom stereocenters. The van der Waals surface area contributed by atoms with E-state index >= 15 is 0 Å². The molecule has 0 aromatic heterocycles. The van der Waals surface area contributed by atoms with E-state index in [9.17, 15) is 5.11 Å². The van der Waals surface area contributed by atoms with Crippen LogP contribution in [0.1, 0.15) is 0 Å². The lowest BCUT2D eigenvalue weighted by molar-refractivity contribution is -0.331. The van der Waals surface area contributed by atoms with Crippen LogP contribution in [0.15, 0.2) is 0 Å². The standard InChI is InChI=1S/C6H12O6/c7-2-6(11)5(10)4(9)3(8)1-12-6/h3-5,7-11H,1-2H2/t3-,4-,5+,6?/m0/s1. The lowest BCUT2D eigenvalue weighted by atomic mass is 9.98. The zero-order valence-electron chi connectivity index (χ0n) is 6.29. The van der Waals surface area contributed by atoms with E-state index in [1.54, 1.807) is 0 Å². The van der Waals surface area contributed by atoms with Crippen molar-refractivity contribution in [2.75, 3.05) is 13.2 Å². The maximum absolute atomic E-state index is 9.24. The Bertz CT molecular complexity index is 162. The van der Waals surface area contributed by atoms with Gasteiger partial charge in [0.1, 0.15) is 18.3 Å². The fourth-order valence-electron chi connectivity index (χ4n) is 1.03. The van der Waals surface area contributed by atoms with Gasteiger partial charge in [-0.3, -0.25) is 0 Å². The molecule has 1 rings (SSSR count). The molecule has 4 atom stereocenters. The lowest BCUT2D eigenvalue weighted by Crippen LogP contribution is -2.62. The highest BCUT2D eigenvalue weighted by Gasteiger charge is 2.47. The first-order valence-corrected chi connectivity index (χ1v) is 3.52. The van der Waals surface area contributed by atoms with Crippen molar-refractivity contribution in [2.45, 2.75) is 24.1 Å². The summed E-state index contributed by atoms with van der Waals surface area (Å²) in [4.78, 5) is 0. The minimum atomic E-state index is -2.17. The van der Waals surface area contributed by atoms with Gasteiger partial charge in [-0.15, -0.1) is 0 Å². The van der Waals surface area contributed by atoms with E-state index in [-0.39, 0.29) is 6.61 Å². The quantitative estimate of drug-likeness (QED) is 0.290. The smallest absolute Gasteiger partial charge is 0.218 e. The molecule has 5 N–H and O–H groups in total.